The van der Waals surface area contributed by atoms with Crippen molar-refractivity contribution in [1.29, 1.82) is 0 Å². The highest BCUT2D eigenvalue weighted by molar-refractivity contribution is 7.90. The maximum Gasteiger partial charge on any atom is 0.251 e. The molecular formula is C17H26N2O4S. The van der Waals surface area contributed by atoms with E-state index in [1.54, 1.807) is 12.1 Å². The lowest BCUT2D eigenvalue weighted by molar-refractivity contribution is 0.00672. The van der Waals surface area contributed by atoms with E-state index >= 15 is 0 Å². The molecule has 0 bridgehead atoms. The topological polar surface area (TPSA) is 75.7 Å². The Hall–Kier alpha value is -1.44. The highest BCUT2D eigenvalue weighted by atomic mass is 32.2. The molecule has 1 fully saturated rings. The number of nitrogens with zero attached hydrogens (tertiary/aromatic N) is 1. The van der Waals surface area contributed by atoms with Crippen LogP contribution in [0.4, 0.5) is 0 Å². The maximum absolute atomic E-state index is 12.3. The van der Waals surface area contributed by atoms with Crippen LogP contribution in [0.3, 0.4) is 0 Å². The molecule has 0 aromatic heterocycles. The van der Waals surface area contributed by atoms with Crippen LogP contribution >= 0.6 is 0 Å². The van der Waals surface area contributed by atoms with Crippen LogP contribution in [0.2, 0.25) is 0 Å². The van der Waals surface area contributed by atoms with Crippen molar-refractivity contribution in [3.63, 3.8) is 0 Å². The molecule has 0 spiro atoms. The van der Waals surface area contributed by atoms with Crippen LogP contribution in [0.5, 0.6) is 0 Å². The van der Waals surface area contributed by atoms with E-state index in [0.717, 1.165) is 32.6 Å². The summed E-state index contributed by atoms with van der Waals surface area (Å²) in [5.41, 5.74) is 0.465. The minimum atomic E-state index is -3.25. The number of nitrogens with one attached hydrogen (secondary N) is 1. The lowest BCUT2D eigenvalue weighted by atomic mass is 10.0. The molecule has 1 heterocycles. The zero-order valence-electron chi connectivity index (χ0n) is 14.5. The normalized spacial score (nSPS) is 17.7. The summed E-state index contributed by atoms with van der Waals surface area (Å²) in [6.07, 6.45) is 1.15. The lowest BCUT2D eigenvalue weighted by Crippen LogP contribution is -2.51. The van der Waals surface area contributed by atoms with Gasteiger partial charge in [-0.3, -0.25) is 9.69 Å². The SMILES string of the molecule is CC(C)C(CNC(=O)c1ccc(S(C)(=O)=O)cc1)N1CCOCC1. The summed E-state index contributed by atoms with van der Waals surface area (Å²) < 4.78 is 28.3. The van der Waals surface area contributed by atoms with E-state index in [9.17, 15) is 13.2 Å². The van der Waals surface area contributed by atoms with Gasteiger partial charge in [0.15, 0.2) is 9.84 Å². The van der Waals surface area contributed by atoms with Crippen LogP contribution in [0.15, 0.2) is 29.2 Å². The van der Waals surface area contributed by atoms with Crippen LogP contribution in [-0.2, 0) is 14.6 Å². The van der Waals surface area contributed by atoms with Crippen molar-refractivity contribution < 1.29 is 17.9 Å². The van der Waals surface area contributed by atoms with E-state index in [4.69, 9.17) is 4.74 Å². The number of hydrogen-bond acceptors (Lipinski definition) is 5. The van der Waals surface area contributed by atoms with E-state index in [0.29, 0.717) is 18.0 Å². The molecule has 1 atom stereocenters. The number of carbonyl (C=O) groups excluding carboxylic acids is 1. The molecule has 7 heteroatoms. The number of morpholine rings is 1. The number of amides is 1. The second kappa shape index (κ2) is 8.09. The summed E-state index contributed by atoms with van der Waals surface area (Å²) in [6, 6.07) is 6.28. The Kier molecular flexibility index (Phi) is 6.37. The molecule has 1 aromatic rings. The molecule has 1 amide bonds. The monoisotopic (exact) mass is 354 g/mol. The van der Waals surface area contributed by atoms with Crippen LogP contribution in [-0.4, -0.2) is 64.4 Å². The van der Waals surface area contributed by atoms with Crippen molar-refractivity contribution in [1.82, 2.24) is 10.2 Å². The molecule has 0 saturated carbocycles. The Morgan fingerprint density at radius 1 is 1.21 bits per heavy atom. The highest BCUT2D eigenvalue weighted by Crippen LogP contribution is 2.13. The maximum atomic E-state index is 12.3. The average Bonchev–Trinajstić information content (AvgIpc) is 2.55. The van der Waals surface area contributed by atoms with Gasteiger partial charge < -0.3 is 10.1 Å². The Balaban J connectivity index is 1.97. The first kappa shape index (κ1) is 18.9. The predicted octanol–water partition coefficient (Wildman–Crippen LogP) is 1.18. The third-order valence-electron chi connectivity index (χ3n) is 4.30. The summed E-state index contributed by atoms with van der Waals surface area (Å²) in [7, 11) is -3.25. The van der Waals surface area contributed by atoms with Crippen molar-refractivity contribution in [2.24, 2.45) is 5.92 Å². The Morgan fingerprint density at radius 2 is 1.79 bits per heavy atom. The van der Waals surface area contributed by atoms with Gasteiger partial charge in [-0.05, 0) is 30.2 Å². The van der Waals surface area contributed by atoms with Gasteiger partial charge in [-0.1, -0.05) is 13.8 Å². The zero-order chi connectivity index (χ0) is 17.7. The molecule has 1 saturated heterocycles. The van der Waals surface area contributed by atoms with E-state index in [2.05, 4.69) is 24.1 Å². The summed E-state index contributed by atoms with van der Waals surface area (Å²) in [6.45, 7) is 8.06. The fraction of sp³-hybridized carbons (Fsp3) is 0.588. The molecule has 2 rings (SSSR count). The number of hydrogen-bond donors (Lipinski definition) is 1. The molecule has 0 aliphatic carbocycles. The fourth-order valence-corrected chi connectivity index (χ4v) is 3.48. The predicted molar refractivity (Wildman–Crippen MR) is 92.9 cm³/mol. The fourth-order valence-electron chi connectivity index (χ4n) is 2.85. The van der Waals surface area contributed by atoms with E-state index in [-0.39, 0.29) is 16.8 Å². The van der Waals surface area contributed by atoms with E-state index < -0.39 is 9.84 Å². The van der Waals surface area contributed by atoms with Crippen molar-refractivity contribution in [2.75, 3.05) is 39.1 Å². The first-order chi connectivity index (χ1) is 11.3. The molecule has 1 aliphatic heterocycles. The van der Waals surface area contributed by atoms with Gasteiger partial charge in [-0.25, -0.2) is 8.42 Å². The number of carbonyl (C=O) groups is 1. The zero-order valence-corrected chi connectivity index (χ0v) is 15.3. The summed E-state index contributed by atoms with van der Waals surface area (Å²) >= 11 is 0. The average molecular weight is 354 g/mol. The third kappa shape index (κ3) is 5.03. The van der Waals surface area contributed by atoms with Crippen LogP contribution in [0, 0.1) is 5.92 Å². The summed E-state index contributed by atoms with van der Waals surface area (Å²) in [5, 5.41) is 2.97. The van der Waals surface area contributed by atoms with Gasteiger partial charge in [-0.2, -0.15) is 0 Å². The van der Waals surface area contributed by atoms with E-state index in [1.807, 2.05) is 0 Å². The van der Waals surface area contributed by atoms with Crippen LogP contribution in [0.25, 0.3) is 0 Å². The molecule has 6 nitrogen and oxygen atoms in total. The molecule has 1 aliphatic rings. The van der Waals surface area contributed by atoms with E-state index in [1.165, 1.54) is 12.1 Å². The van der Waals surface area contributed by atoms with Gasteiger partial charge >= 0.3 is 0 Å². The second-order valence-electron chi connectivity index (χ2n) is 6.47. The number of sulfone groups is 1. The standard InChI is InChI=1S/C17H26N2O4S/c1-13(2)16(19-8-10-23-11-9-19)12-18-17(20)14-4-6-15(7-5-14)24(3,21)22/h4-7,13,16H,8-12H2,1-3H3,(H,18,20). The van der Waals surface area contributed by atoms with Gasteiger partial charge in [0.1, 0.15) is 0 Å². The highest BCUT2D eigenvalue weighted by Gasteiger charge is 2.24. The Bertz CT molecular complexity index is 650. The second-order valence-corrected chi connectivity index (χ2v) is 8.48. The van der Waals surface area contributed by atoms with Crippen molar-refractivity contribution >= 4 is 15.7 Å². The van der Waals surface area contributed by atoms with Gasteiger partial charge in [0.25, 0.3) is 5.91 Å². The summed E-state index contributed by atoms with van der Waals surface area (Å²) in [5.74, 6) is 0.227. The van der Waals surface area contributed by atoms with Crippen molar-refractivity contribution in [3.8, 4) is 0 Å². The Morgan fingerprint density at radius 3 is 2.29 bits per heavy atom. The van der Waals surface area contributed by atoms with Gasteiger partial charge in [0.2, 0.25) is 0 Å². The molecule has 1 unspecified atom stereocenters. The first-order valence-corrected chi connectivity index (χ1v) is 10.1. The molecular weight excluding hydrogens is 328 g/mol. The molecule has 0 radical (unpaired) electrons. The van der Waals surface area contributed by atoms with Crippen LogP contribution in [0.1, 0.15) is 24.2 Å². The molecule has 134 valence electrons. The Labute approximate surface area is 144 Å². The molecule has 1 aromatic carbocycles. The lowest BCUT2D eigenvalue weighted by Gasteiger charge is -2.36. The first-order valence-electron chi connectivity index (χ1n) is 8.19. The van der Waals surface area contributed by atoms with Crippen molar-refractivity contribution in [2.45, 2.75) is 24.8 Å². The number of ether oxygens (including phenoxy) is 1. The minimum Gasteiger partial charge on any atom is -0.379 e. The number of benzene rings is 1. The molecule has 24 heavy (non-hydrogen) atoms. The van der Waals surface area contributed by atoms with Gasteiger partial charge in [0.05, 0.1) is 18.1 Å². The largest absolute Gasteiger partial charge is 0.379 e. The summed E-state index contributed by atoms with van der Waals surface area (Å²) in [4.78, 5) is 14.9. The third-order valence-corrected chi connectivity index (χ3v) is 5.43. The van der Waals surface area contributed by atoms with Crippen LogP contribution < -0.4 is 5.32 Å². The smallest absolute Gasteiger partial charge is 0.251 e. The quantitative estimate of drug-likeness (QED) is 0.830. The number of rotatable bonds is 6. The van der Waals surface area contributed by atoms with Gasteiger partial charge in [0, 0.05) is 37.5 Å². The molecule has 1 N–H and O–H groups in total. The minimum absolute atomic E-state index is 0.186. The van der Waals surface area contributed by atoms with Crippen molar-refractivity contribution in [3.05, 3.63) is 29.8 Å². The van der Waals surface area contributed by atoms with Gasteiger partial charge in [-0.15, -0.1) is 0 Å².